The third-order valence-corrected chi connectivity index (χ3v) is 4.49. The zero-order chi connectivity index (χ0) is 17.8. The fraction of sp³-hybridized carbons (Fsp3) is 0.158. The van der Waals surface area contributed by atoms with E-state index < -0.39 is 0 Å². The number of hydrogen-bond acceptors (Lipinski definition) is 5. The molecule has 3 rings (SSSR count). The maximum absolute atomic E-state index is 12.7. The van der Waals surface area contributed by atoms with Crippen molar-refractivity contribution >= 4 is 34.7 Å². The number of para-hydroxylation sites is 1. The predicted octanol–water partition coefficient (Wildman–Crippen LogP) is 4.33. The first-order valence-corrected chi connectivity index (χ1v) is 8.59. The summed E-state index contributed by atoms with van der Waals surface area (Å²) < 4.78 is 10.7. The van der Waals surface area contributed by atoms with Gasteiger partial charge in [0.05, 0.1) is 24.3 Å². The number of thioether (sulfide) groups is 1. The van der Waals surface area contributed by atoms with Crippen molar-refractivity contribution in [2.45, 2.75) is 6.92 Å². The SMILES string of the molecule is CCOc1ccc(N2C(=O)S/C(=C/c3ccccc3OC)C2=O)cc1. The van der Waals surface area contributed by atoms with Crippen molar-refractivity contribution in [3.8, 4) is 11.5 Å². The molecule has 1 saturated heterocycles. The lowest BCUT2D eigenvalue weighted by Crippen LogP contribution is -2.27. The van der Waals surface area contributed by atoms with E-state index in [0.717, 1.165) is 17.3 Å². The van der Waals surface area contributed by atoms with Gasteiger partial charge in [-0.3, -0.25) is 9.59 Å². The highest BCUT2D eigenvalue weighted by molar-refractivity contribution is 8.19. The lowest BCUT2D eigenvalue weighted by molar-refractivity contribution is -0.113. The van der Waals surface area contributed by atoms with Crippen LogP contribution in [0.25, 0.3) is 6.08 Å². The lowest BCUT2D eigenvalue weighted by atomic mass is 10.2. The number of rotatable bonds is 5. The van der Waals surface area contributed by atoms with Crippen LogP contribution in [0.5, 0.6) is 11.5 Å². The summed E-state index contributed by atoms with van der Waals surface area (Å²) in [5.41, 5.74) is 1.27. The zero-order valence-electron chi connectivity index (χ0n) is 13.9. The van der Waals surface area contributed by atoms with Crippen LogP contribution in [0.3, 0.4) is 0 Å². The highest BCUT2D eigenvalue weighted by atomic mass is 32.2. The average molecular weight is 355 g/mol. The maximum Gasteiger partial charge on any atom is 0.298 e. The van der Waals surface area contributed by atoms with Crippen molar-refractivity contribution in [2.75, 3.05) is 18.6 Å². The molecule has 2 aromatic rings. The topological polar surface area (TPSA) is 55.8 Å². The molecule has 2 aromatic carbocycles. The number of methoxy groups -OCH3 is 1. The van der Waals surface area contributed by atoms with E-state index in [0.29, 0.717) is 28.7 Å². The molecule has 128 valence electrons. The molecular formula is C19H17NO4S. The van der Waals surface area contributed by atoms with Gasteiger partial charge in [0.1, 0.15) is 11.5 Å². The molecule has 0 unspecified atom stereocenters. The molecule has 0 bridgehead atoms. The second-order valence-electron chi connectivity index (χ2n) is 5.19. The van der Waals surface area contributed by atoms with Crippen LogP contribution in [-0.2, 0) is 4.79 Å². The summed E-state index contributed by atoms with van der Waals surface area (Å²) in [5, 5.41) is -0.324. The number of anilines is 1. The van der Waals surface area contributed by atoms with Crippen LogP contribution >= 0.6 is 11.8 Å². The van der Waals surface area contributed by atoms with E-state index in [-0.39, 0.29) is 11.1 Å². The van der Waals surface area contributed by atoms with Gasteiger partial charge in [0, 0.05) is 5.56 Å². The Labute approximate surface area is 150 Å². The predicted molar refractivity (Wildman–Crippen MR) is 99.1 cm³/mol. The molecule has 0 saturated carbocycles. The van der Waals surface area contributed by atoms with Crippen molar-refractivity contribution in [2.24, 2.45) is 0 Å². The van der Waals surface area contributed by atoms with Gasteiger partial charge in [0.15, 0.2) is 0 Å². The Hall–Kier alpha value is -2.73. The molecule has 1 aliphatic heterocycles. The molecule has 0 spiro atoms. The molecule has 0 atom stereocenters. The van der Waals surface area contributed by atoms with E-state index in [9.17, 15) is 9.59 Å². The van der Waals surface area contributed by atoms with Gasteiger partial charge in [-0.15, -0.1) is 0 Å². The molecule has 0 radical (unpaired) electrons. The van der Waals surface area contributed by atoms with E-state index in [1.165, 1.54) is 4.90 Å². The van der Waals surface area contributed by atoms with E-state index in [2.05, 4.69) is 0 Å². The molecule has 0 N–H and O–H groups in total. The molecule has 0 aliphatic carbocycles. The fourth-order valence-corrected chi connectivity index (χ4v) is 3.31. The van der Waals surface area contributed by atoms with E-state index in [1.807, 2.05) is 31.2 Å². The Morgan fingerprint density at radius 3 is 2.48 bits per heavy atom. The second kappa shape index (κ2) is 7.44. The van der Waals surface area contributed by atoms with Crippen LogP contribution in [0.2, 0.25) is 0 Å². The number of benzene rings is 2. The molecule has 25 heavy (non-hydrogen) atoms. The number of carbonyl (C=O) groups excluding carboxylic acids is 2. The van der Waals surface area contributed by atoms with Crippen molar-refractivity contribution < 1.29 is 19.1 Å². The second-order valence-corrected chi connectivity index (χ2v) is 6.18. The monoisotopic (exact) mass is 355 g/mol. The summed E-state index contributed by atoms with van der Waals surface area (Å²) in [6.45, 7) is 2.45. The molecule has 2 amide bonds. The molecular weight excluding hydrogens is 338 g/mol. The number of carbonyl (C=O) groups is 2. The van der Waals surface area contributed by atoms with E-state index in [4.69, 9.17) is 9.47 Å². The van der Waals surface area contributed by atoms with Gasteiger partial charge in [-0.1, -0.05) is 18.2 Å². The quantitative estimate of drug-likeness (QED) is 0.747. The summed E-state index contributed by atoms with van der Waals surface area (Å²) in [5.74, 6) is 1.00. The lowest BCUT2D eigenvalue weighted by Gasteiger charge is -2.13. The van der Waals surface area contributed by atoms with Crippen LogP contribution in [0.15, 0.2) is 53.4 Å². The zero-order valence-corrected chi connectivity index (χ0v) is 14.7. The van der Waals surface area contributed by atoms with Gasteiger partial charge in [0.25, 0.3) is 11.1 Å². The number of hydrogen-bond donors (Lipinski definition) is 0. The normalized spacial score (nSPS) is 15.8. The summed E-state index contributed by atoms with van der Waals surface area (Å²) in [4.78, 5) is 26.5. The minimum atomic E-state index is -0.343. The smallest absolute Gasteiger partial charge is 0.298 e. The summed E-state index contributed by atoms with van der Waals surface area (Å²) in [7, 11) is 1.57. The van der Waals surface area contributed by atoms with Gasteiger partial charge >= 0.3 is 0 Å². The largest absolute Gasteiger partial charge is 0.496 e. The number of nitrogens with zero attached hydrogens (tertiary/aromatic N) is 1. The first-order valence-electron chi connectivity index (χ1n) is 7.78. The average Bonchev–Trinajstić information content (AvgIpc) is 2.90. The van der Waals surface area contributed by atoms with Crippen LogP contribution < -0.4 is 14.4 Å². The molecule has 1 aliphatic rings. The first-order chi connectivity index (χ1) is 12.1. The van der Waals surface area contributed by atoms with Gasteiger partial charge in [0.2, 0.25) is 0 Å². The molecule has 6 heteroatoms. The standard InChI is InChI=1S/C19H17NO4S/c1-3-24-15-10-8-14(9-11-15)20-18(21)17(25-19(20)22)12-13-6-4-5-7-16(13)23-2/h4-12H,3H2,1-2H3/b17-12+. The third-order valence-electron chi connectivity index (χ3n) is 3.63. The van der Waals surface area contributed by atoms with Crippen molar-refractivity contribution in [1.29, 1.82) is 0 Å². The minimum Gasteiger partial charge on any atom is -0.496 e. The molecule has 0 aromatic heterocycles. The molecule has 1 heterocycles. The highest BCUT2D eigenvalue weighted by Gasteiger charge is 2.36. The number of amides is 2. The van der Waals surface area contributed by atoms with Crippen molar-refractivity contribution in [3.63, 3.8) is 0 Å². The van der Waals surface area contributed by atoms with Gasteiger partial charge < -0.3 is 9.47 Å². The number of ether oxygens (including phenoxy) is 2. The Balaban J connectivity index is 1.88. The number of imide groups is 1. The van der Waals surface area contributed by atoms with Gasteiger partial charge in [-0.2, -0.15) is 0 Å². The van der Waals surface area contributed by atoms with Crippen LogP contribution in [-0.4, -0.2) is 24.9 Å². The summed E-state index contributed by atoms with van der Waals surface area (Å²) >= 11 is 0.917. The van der Waals surface area contributed by atoms with Gasteiger partial charge in [-0.25, -0.2) is 4.90 Å². The first kappa shape index (κ1) is 17.1. The van der Waals surface area contributed by atoms with Crippen molar-refractivity contribution in [1.82, 2.24) is 0 Å². The Bertz CT molecular complexity index is 830. The third kappa shape index (κ3) is 3.53. The molecule has 5 nitrogen and oxygen atoms in total. The van der Waals surface area contributed by atoms with Crippen molar-refractivity contribution in [3.05, 3.63) is 59.0 Å². The highest BCUT2D eigenvalue weighted by Crippen LogP contribution is 2.37. The maximum atomic E-state index is 12.7. The van der Waals surface area contributed by atoms with Crippen LogP contribution in [0, 0.1) is 0 Å². The molecule has 1 fully saturated rings. The Kier molecular flexibility index (Phi) is 5.09. The van der Waals surface area contributed by atoms with E-state index in [1.54, 1.807) is 37.5 Å². The van der Waals surface area contributed by atoms with Crippen LogP contribution in [0.4, 0.5) is 10.5 Å². The fourth-order valence-electron chi connectivity index (χ4n) is 2.48. The van der Waals surface area contributed by atoms with Crippen LogP contribution in [0.1, 0.15) is 12.5 Å². The summed E-state index contributed by atoms with van der Waals surface area (Å²) in [6.07, 6.45) is 1.68. The van der Waals surface area contributed by atoms with Gasteiger partial charge in [-0.05, 0) is 55.1 Å². The Morgan fingerprint density at radius 1 is 1.08 bits per heavy atom. The summed E-state index contributed by atoms with van der Waals surface area (Å²) in [6, 6.07) is 14.2. The minimum absolute atomic E-state index is 0.324. The van der Waals surface area contributed by atoms with E-state index >= 15 is 0 Å². The Morgan fingerprint density at radius 2 is 1.80 bits per heavy atom.